The maximum atomic E-state index is 11.9. The van der Waals surface area contributed by atoms with Gasteiger partial charge in [0.25, 0.3) is 0 Å². The first-order valence-electron chi connectivity index (χ1n) is 7.16. The summed E-state index contributed by atoms with van der Waals surface area (Å²) >= 11 is 1.74. The molecule has 1 N–H and O–H groups in total. The standard InChI is InChI=1S/C16H25NO3S/c1-5-17-16(2,15(18)20-4)11-8-12-21-14-10-7-6-9-13(14)19-3/h6-7,9-10,17H,5,8,11-12H2,1-4H3. The molecule has 1 aromatic rings. The molecule has 0 heterocycles. The van der Waals surface area contributed by atoms with Crippen LogP contribution in [0.15, 0.2) is 29.2 Å². The van der Waals surface area contributed by atoms with Crippen molar-refractivity contribution in [2.75, 3.05) is 26.5 Å². The third-order valence-electron chi connectivity index (χ3n) is 3.35. The Morgan fingerprint density at radius 1 is 1.33 bits per heavy atom. The van der Waals surface area contributed by atoms with E-state index >= 15 is 0 Å². The van der Waals surface area contributed by atoms with Crippen molar-refractivity contribution in [3.63, 3.8) is 0 Å². The lowest BCUT2D eigenvalue weighted by Gasteiger charge is -2.27. The van der Waals surface area contributed by atoms with Crippen LogP contribution in [0.1, 0.15) is 26.7 Å². The van der Waals surface area contributed by atoms with Gasteiger partial charge in [0.05, 0.1) is 14.2 Å². The largest absolute Gasteiger partial charge is 0.496 e. The molecule has 0 aliphatic rings. The molecule has 118 valence electrons. The Labute approximate surface area is 131 Å². The summed E-state index contributed by atoms with van der Waals surface area (Å²) in [6.45, 7) is 4.63. The molecular weight excluding hydrogens is 286 g/mol. The summed E-state index contributed by atoms with van der Waals surface area (Å²) in [5, 5.41) is 3.22. The summed E-state index contributed by atoms with van der Waals surface area (Å²) in [4.78, 5) is 13.0. The van der Waals surface area contributed by atoms with Crippen LogP contribution < -0.4 is 10.1 Å². The molecular formula is C16H25NO3S. The van der Waals surface area contributed by atoms with Gasteiger partial charge in [0.15, 0.2) is 0 Å². The van der Waals surface area contributed by atoms with Crippen LogP contribution in [0.25, 0.3) is 0 Å². The van der Waals surface area contributed by atoms with Crippen molar-refractivity contribution in [2.45, 2.75) is 37.1 Å². The molecule has 1 aromatic carbocycles. The average molecular weight is 311 g/mol. The number of carbonyl (C=O) groups is 1. The van der Waals surface area contributed by atoms with Crippen LogP contribution in [0.2, 0.25) is 0 Å². The molecule has 1 atom stereocenters. The van der Waals surface area contributed by atoms with Crippen LogP contribution in [0.4, 0.5) is 0 Å². The van der Waals surface area contributed by atoms with E-state index in [1.54, 1.807) is 18.9 Å². The number of carbonyl (C=O) groups excluding carboxylic acids is 1. The summed E-state index contributed by atoms with van der Waals surface area (Å²) in [5.41, 5.74) is -0.606. The summed E-state index contributed by atoms with van der Waals surface area (Å²) in [6.07, 6.45) is 1.66. The second-order valence-corrected chi connectivity index (χ2v) is 6.09. The molecule has 0 saturated heterocycles. The fraction of sp³-hybridized carbons (Fsp3) is 0.562. The first-order valence-corrected chi connectivity index (χ1v) is 8.15. The minimum atomic E-state index is -0.606. The van der Waals surface area contributed by atoms with Crippen LogP contribution in [-0.4, -0.2) is 38.0 Å². The van der Waals surface area contributed by atoms with Crippen molar-refractivity contribution in [1.29, 1.82) is 0 Å². The summed E-state index contributed by atoms with van der Waals surface area (Å²) < 4.78 is 10.2. The third kappa shape index (κ3) is 5.25. The fourth-order valence-electron chi connectivity index (χ4n) is 2.22. The van der Waals surface area contributed by atoms with Gasteiger partial charge in [-0.25, -0.2) is 0 Å². The Bertz CT molecular complexity index is 453. The normalized spacial score (nSPS) is 13.5. The van der Waals surface area contributed by atoms with Crippen molar-refractivity contribution in [3.8, 4) is 5.75 Å². The number of nitrogens with one attached hydrogen (secondary N) is 1. The molecule has 21 heavy (non-hydrogen) atoms. The predicted octanol–water partition coefficient (Wildman–Crippen LogP) is 3.11. The van der Waals surface area contributed by atoms with Crippen LogP contribution in [0, 0.1) is 0 Å². The van der Waals surface area contributed by atoms with Crippen LogP contribution >= 0.6 is 11.8 Å². The maximum Gasteiger partial charge on any atom is 0.325 e. The van der Waals surface area contributed by atoms with Gasteiger partial charge in [-0.3, -0.25) is 4.79 Å². The molecule has 0 fully saturated rings. The molecule has 0 aliphatic carbocycles. The lowest BCUT2D eigenvalue weighted by Crippen LogP contribution is -2.50. The van der Waals surface area contributed by atoms with Crippen molar-refractivity contribution < 1.29 is 14.3 Å². The maximum absolute atomic E-state index is 11.9. The molecule has 0 spiro atoms. The first-order chi connectivity index (χ1) is 10.1. The highest BCUT2D eigenvalue weighted by Crippen LogP contribution is 2.30. The number of rotatable bonds is 9. The number of methoxy groups -OCH3 is 2. The number of likely N-dealkylation sites (N-methyl/N-ethyl adjacent to an activating group) is 1. The van der Waals surface area contributed by atoms with Crippen molar-refractivity contribution in [1.82, 2.24) is 5.32 Å². The van der Waals surface area contributed by atoms with Gasteiger partial charge in [0.2, 0.25) is 0 Å². The Morgan fingerprint density at radius 3 is 2.67 bits per heavy atom. The number of para-hydroxylation sites is 1. The smallest absolute Gasteiger partial charge is 0.325 e. The zero-order chi connectivity index (χ0) is 15.7. The summed E-state index contributed by atoms with van der Waals surface area (Å²) in [7, 11) is 3.11. The Kier molecular flexibility index (Phi) is 7.61. The second kappa shape index (κ2) is 8.95. The molecule has 4 nitrogen and oxygen atoms in total. The molecule has 0 radical (unpaired) electrons. The van der Waals surface area contributed by atoms with E-state index in [1.165, 1.54) is 7.11 Å². The minimum Gasteiger partial charge on any atom is -0.496 e. The monoisotopic (exact) mass is 311 g/mol. The van der Waals surface area contributed by atoms with E-state index in [0.29, 0.717) is 0 Å². The quantitative estimate of drug-likeness (QED) is 0.431. The highest BCUT2D eigenvalue weighted by atomic mass is 32.2. The third-order valence-corrected chi connectivity index (χ3v) is 4.49. The molecule has 1 unspecified atom stereocenters. The molecule has 0 bridgehead atoms. The zero-order valence-electron chi connectivity index (χ0n) is 13.3. The van der Waals surface area contributed by atoms with E-state index in [9.17, 15) is 4.79 Å². The Morgan fingerprint density at radius 2 is 2.05 bits per heavy atom. The van der Waals surface area contributed by atoms with E-state index in [0.717, 1.165) is 35.8 Å². The van der Waals surface area contributed by atoms with Crippen molar-refractivity contribution >= 4 is 17.7 Å². The predicted molar refractivity (Wildman–Crippen MR) is 87.0 cm³/mol. The lowest BCUT2D eigenvalue weighted by molar-refractivity contribution is -0.148. The van der Waals surface area contributed by atoms with E-state index < -0.39 is 5.54 Å². The second-order valence-electron chi connectivity index (χ2n) is 4.96. The summed E-state index contributed by atoms with van der Waals surface area (Å²) in [5.74, 6) is 1.62. The van der Waals surface area contributed by atoms with Crippen LogP contribution in [0.5, 0.6) is 5.75 Å². The first kappa shape index (κ1) is 17.9. The average Bonchev–Trinajstić information content (AvgIpc) is 2.51. The van der Waals surface area contributed by atoms with Crippen molar-refractivity contribution in [2.24, 2.45) is 0 Å². The number of benzene rings is 1. The molecule has 5 heteroatoms. The number of hydrogen-bond acceptors (Lipinski definition) is 5. The SMILES string of the molecule is CCNC(C)(CCCSc1ccccc1OC)C(=O)OC. The molecule has 0 amide bonds. The number of ether oxygens (including phenoxy) is 2. The van der Waals surface area contributed by atoms with E-state index in [4.69, 9.17) is 9.47 Å². The topological polar surface area (TPSA) is 47.6 Å². The minimum absolute atomic E-state index is 0.202. The van der Waals surface area contributed by atoms with E-state index in [2.05, 4.69) is 5.32 Å². The highest BCUT2D eigenvalue weighted by molar-refractivity contribution is 7.99. The van der Waals surface area contributed by atoms with Gasteiger partial charge in [0, 0.05) is 4.90 Å². The number of esters is 1. The highest BCUT2D eigenvalue weighted by Gasteiger charge is 2.32. The Hall–Kier alpha value is -1.20. The van der Waals surface area contributed by atoms with Gasteiger partial charge in [-0.2, -0.15) is 0 Å². The van der Waals surface area contributed by atoms with Gasteiger partial charge >= 0.3 is 5.97 Å². The molecule has 1 rings (SSSR count). The summed E-state index contributed by atoms with van der Waals surface area (Å²) in [6, 6.07) is 7.97. The Balaban J connectivity index is 2.49. The number of hydrogen-bond donors (Lipinski definition) is 1. The van der Waals surface area contributed by atoms with Crippen LogP contribution in [0.3, 0.4) is 0 Å². The van der Waals surface area contributed by atoms with Gasteiger partial charge in [0.1, 0.15) is 11.3 Å². The van der Waals surface area contributed by atoms with Gasteiger partial charge < -0.3 is 14.8 Å². The number of thioether (sulfide) groups is 1. The van der Waals surface area contributed by atoms with Crippen molar-refractivity contribution in [3.05, 3.63) is 24.3 Å². The molecule has 0 aliphatic heterocycles. The lowest BCUT2D eigenvalue weighted by atomic mass is 9.96. The fourth-order valence-corrected chi connectivity index (χ4v) is 3.20. The zero-order valence-corrected chi connectivity index (χ0v) is 14.1. The van der Waals surface area contributed by atoms with Gasteiger partial charge in [-0.05, 0) is 44.2 Å². The molecule has 0 saturated carbocycles. The van der Waals surface area contributed by atoms with E-state index in [-0.39, 0.29) is 5.97 Å². The van der Waals surface area contributed by atoms with Gasteiger partial charge in [-0.15, -0.1) is 11.8 Å². The van der Waals surface area contributed by atoms with Gasteiger partial charge in [-0.1, -0.05) is 19.1 Å². The van der Waals surface area contributed by atoms with Crippen LogP contribution in [-0.2, 0) is 9.53 Å². The van der Waals surface area contributed by atoms with E-state index in [1.807, 2.05) is 38.1 Å². The molecule has 0 aromatic heterocycles.